The van der Waals surface area contributed by atoms with E-state index >= 15 is 0 Å². The first kappa shape index (κ1) is 11.7. The smallest absolute Gasteiger partial charge is 0.239 e. The maximum Gasteiger partial charge on any atom is 0.239 e. The first-order valence-electron chi connectivity index (χ1n) is 5.03. The molecule has 1 aromatic carbocycles. The van der Waals surface area contributed by atoms with Crippen molar-refractivity contribution in [2.75, 3.05) is 7.11 Å². The van der Waals surface area contributed by atoms with Crippen molar-refractivity contribution in [1.82, 2.24) is 10.2 Å². The van der Waals surface area contributed by atoms with Crippen molar-refractivity contribution in [2.24, 2.45) is 0 Å². The quantitative estimate of drug-likeness (QED) is 0.783. The van der Waals surface area contributed by atoms with Gasteiger partial charge in [-0.25, -0.2) is 0 Å². The van der Waals surface area contributed by atoms with Crippen LogP contribution in [-0.4, -0.2) is 17.3 Å². The summed E-state index contributed by atoms with van der Waals surface area (Å²) in [7, 11) is 1.59. The van der Waals surface area contributed by atoms with Gasteiger partial charge in [-0.3, -0.25) is 0 Å². The van der Waals surface area contributed by atoms with Crippen molar-refractivity contribution in [2.45, 2.75) is 5.88 Å². The van der Waals surface area contributed by atoms with E-state index in [-0.39, 0.29) is 0 Å². The first-order chi connectivity index (χ1) is 8.33. The number of hydrogen-bond donors (Lipinski definition) is 0. The zero-order valence-electron chi connectivity index (χ0n) is 9.26. The summed E-state index contributed by atoms with van der Waals surface area (Å²) in [4.78, 5) is 0. The number of benzene rings is 1. The van der Waals surface area contributed by atoms with Crippen LogP contribution in [0.4, 0.5) is 0 Å². The van der Waals surface area contributed by atoms with E-state index in [1.165, 1.54) is 0 Å². The van der Waals surface area contributed by atoms with Crippen LogP contribution in [0.3, 0.4) is 0 Å². The summed E-state index contributed by atoms with van der Waals surface area (Å²) in [5, 5.41) is 7.81. The summed E-state index contributed by atoms with van der Waals surface area (Å²) >= 11 is 5.62. The van der Waals surface area contributed by atoms with Gasteiger partial charge in [0.25, 0.3) is 0 Å². The molecule has 0 spiro atoms. The van der Waals surface area contributed by atoms with Gasteiger partial charge in [0, 0.05) is 6.07 Å². The second kappa shape index (κ2) is 5.50. The third-order valence-electron chi connectivity index (χ3n) is 2.12. The van der Waals surface area contributed by atoms with Crippen LogP contribution >= 0.6 is 11.6 Å². The van der Waals surface area contributed by atoms with Crippen LogP contribution in [0.25, 0.3) is 0 Å². The highest BCUT2D eigenvalue weighted by Crippen LogP contribution is 2.29. The second-order valence-electron chi connectivity index (χ2n) is 3.25. The molecule has 2 rings (SSSR count). The Morgan fingerprint density at radius 2 is 1.82 bits per heavy atom. The van der Waals surface area contributed by atoms with E-state index in [1.54, 1.807) is 25.3 Å². The molecule has 0 saturated carbocycles. The molecule has 17 heavy (non-hydrogen) atoms. The molecule has 1 heterocycles. The maximum atomic E-state index is 5.62. The molecule has 0 aliphatic carbocycles. The third kappa shape index (κ3) is 2.85. The lowest BCUT2D eigenvalue weighted by Gasteiger charge is -2.08. The van der Waals surface area contributed by atoms with Crippen molar-refractivity contribution in [1.29, 1.82) is 0 Å². The molecule has 2 aromatic rings. The van der Waals surface area contributed by atoms with Crippen LogP contribution in [0.1, 0.15) is 5.69 Å². The molecule has 88 valence electrons. The number of aromatic nitrogens is 2. The lowest BCUT2D eigenvalue weighted by atomic mass is 10.3. The second-order valence-corrected chi connectivity index (χ2v) is 3.52. The number of para-hydroxylation sites is 2. The number of rotatable bonds is 4. The summed E-state index contributed by atoms with van der Waals surface area (Å²) in [6.45, 7) is 0. The van der Waals surface area contributed by atoms with E-state index in [9.17, 15) is 0 Å². The predicted molar refractivity (Wildman–Crippen MR) is 64.7 cm³/mol. The third-order valence-corrected chi connectivity index (χ3v) is 2.39. The fraction of sp³-hybridized carbons (Fsp3) is 0.167. The van der Waals surface area contributed by atoms with Crippen LogP contribution in [-0.2, 0) is 5.88 Å². The minimum atomic E-state index is 0.335. The normalized spacial score (nSPS) is 10.0. The Morgan fingerprint density at radius 1 is 1.06 bits per heavy atom. The lowest BCUT2D eigenvalue weighted by molar-refractivity contribution is 0.372. The largest absolute Gasteiger partial charge is 0.493 e. The molecule has 0 radical (unpaired) electrons. The molecule has 0 fully saturated rings. The predicted octanol–water partition coefficient (Wildman–Crippen LogP) is 3.02. The first-order valence-corrected chi connectivity index (χ1v) is 5.56. The minimum Gasteiger partial charge on any atom is -0.493 e. The summed E-state index contributed by atoms with van der Waals surface area (Å²) in [6, 6.07) is 10.8. The number of halogens is 1. The van der Waals surface area contributed by atoms with Crippen LogP contribution in [0.2, 0.25) is 0 Å². The molecule has 0 saturated heterocycles. The van der Waals surface area contributed by atoms with Crippen LogP contribution in [0, 0.1) is 0 Å². The molecule has 0 amide bonds. The van der Waals surface area contributed by atoms with E-state index in [0.717, 1.165) is 0 Å². The standard InChI is InChI=1S/C12H11ClN2O2/c1-16-10-4-2-3-5-11(10)17-12-7-6-9(8-13)14-15-12/h2-7H,8H2,1H3. The zero-order chi connectivity index (χ0) is 12.1. The number of nitrogens with zero attached hydrogens (tertiary/aromatic N) is 2. The zero-order valence-corrected chi connectivity index (χ0v) is 10.0. The monoisotopic (exact) mass is 250 g/mol. The van der Waals surface area contributed by atoms with Gasteiger partial charge in [-0.1, -0.05) is 12.1 Å². The van der Waals surface area contributed by atoms with Gasteiger partial charge >= 0.3 is 0 Å². The number of ether oxygens (including phenoxy) is 2. The van der Waals surface area contributed by atoms with Gasteiger partial charge < -0.3 is 9.47 Å². The number of alkyl halides is 1. The molecule has 5 heteroatoms. The van der Waals surface area contributed by atoms with Crippen LogP contribution in [0.15, 0.2) is 36.4 Å². The Morgan fingerprint density at radius 3 is 2.41 bits per heavy atom. The lowest BCUT2D eigenvalue weighted by Crippen LogP contribution is -1.95. The molecule has 1 aromatic heterocycles. The molecule has 0 unspecified atom stereocenters. The fourth-order valence-electron chi connectivity index (χ4n) is 1.29. The molecule has 0 atom stereocenters. The fourth-order valence-corrected chi connectivity index (χ4v) is 1.43. The van der Waals surface area contributed by atoms with Gasteiger partial charge in [-0.05, 0) is 18.2 Å². The summed E-state index contributed by atoms with van der Waals surface area (Å²) in [5.41, 5.74) is 0.707. The molecular formula is C12H11ClN2O2. The molecule has 4 nitrogen and oxygen atoms in total. The summed E-state index contributed by atoms with van der Waals surface area (Å²) in [5.74, 6) is 1.99. The Kier molecular flexibility index (Phi) is 3.77. The van der Waals surface area contributed by atoms with Gasteiger partial charge in [0.2, 0.25) is 5.88 Å². The SMILES string of the molecule is COc1ccccc1Oc1ccc(CCl)nn1. The van der Waals surface area contributed by atoms with Crippen LogP contribution < -0.4 is 9.47 Å². The van der Waals surface area contributed by atoms with Gasteiger partial charge in [0.1, 0.15) is 0 Å². The summed E-state index contributed by atoms with van der Waals surface area (Å²) in [6.07, 6.45) is 0. The molecule has 0 N–H and O–H groups in total. The Balaban J connectivity index is 2.19. The maximum absolute atomic E-state index is 5.62. The molecule has 0 bridgehead atoms. The Hall–Kier alpha value is -1.81. The van der Waals surface area contributed by atoms with Crippen molar-refractivity contribution in [3.63, 3.8) is 0 Å². The van der Waals surface area contributed by atoms with Crippen LogP contribution in [0.5, 0.6) is 17.4 Å². The number of hydrogen-bond acceptors (Lipinski definition) is 4. The van der Waals surface area contributed by atoms with Crippen molar-refractivity contribution >= 4 is 11.6 Å². The topological polar surface area (TPSA) is 44.2 Å². The highest BCUT2D eigenvalue weighted by atomic mass is 35.5. The highest BCUT2D eigenvalue weighted by Gasteiger charge is 2.05. The van der Waals surface area contributed by atoms with Crippen molar-refractivity contribution in [3.05, 3.63) is 42.1 Å². The number of methoxy groups -OCH3 is 1. The highest BCUT2D eigenvalue weighted by molar-refractivity contribution is 6.16. The Bertz CT molecular complexity index is 488. The minimum absolute atomic E-state index is 0.335. The molecule has 0 aliphatic heterocycles. The Labute approximate surface area is 104 Å². The van der Waals surface area contributed by atoms with Gasteiger partial charge in [-0.15, -0.1) is 16.7 Å². The van der Waals surface area contributed by atoms with E-state index in [4.69, 9.17) is 21.1 Å². The van der Waals surface area contributed by atoms with Crippen molar-refractivity contribution < 1.29 is 9.47 Å². The van der Waals surface area contributed by atoms with Gasteiger partial charge in [-0.2, -0.15) is 5.10 Å². The molecular weight excluding hydrogens is 240 g/mol. The van der Waals surface area contributed by atoms with Gasteiger partial charge in [0.15, 0.2) is 11.5 Å². The average Bonchev–Trinajstić information content (AvgIpc) is 2.40. The van der Waals surface area contributed by atoms with E-state index in [1.807, 2.05) is 18.2 Å². The van der Waals surface area contributed by atoms with Crippen molar-refractivity contribution in [3.8, 4) is 17.4 Å². The van der Waals surface area contributed by atoms with E-state index in [0.29, 0.717) is 29.0 Å². The van der Waals surface area contributed by atoms with Gasteiger partial charge in [0.05, 0.1) is 18.7 Å². The molecule has 0 aliphatic rings. The van der Waals surface area contributed by atoms with E-state index < -0.39 is 0 Å². The van der Waals surface area contributed by atoms with E-state index in [2.05, 4.69) is 10.2 Å². The average molecular weight is 251 g/mol. The summed E-state index contributed by atoms with van der Waals surface area (Å²) < 4.78 is 10.7.